The van der Waals surface area contributed by atoms with Crippen LogP contribution < -0.4 is 5.32 Å². The molecule has 0 aliphatic carbocycles. The fourth-order valence-electron chi connectivity index (χ4n) is 3.19. The van der Waals surface area contributed by atoms with Gasteiger partial charge in [-0.2, -0.15) is 0 Å². The molecule has 2 aliphatic heterocycles. The zero-order valence-corrected chi connectivity index (χ0v) is 10.3. The lowest BCUT2D eigenvalue weighted by molar-refractivity contribution is 0.133. The SMILES string of the molecule is CC1CC(CC2CCNCC2)CCN1C. The Bertz CT molecular complexity index is 187. The molecule has 2 rings (SSSR count). The second-order valence-corrected chi connectivity index (χ2v) is 5.65. The van der Waals surface area contributed by atoms with Gasteiger partial charge in [0, 0.05) is 6.04 Å². The van der Waals surface area contributed by atoms with Crippen molar-refractivity contribution in [1.82, 2.24) is 10.2 Å². The molecular weight excluding hydrogens is 184 g/mol. The molecule has 2 nitrogen and oxygen atoms in total. The third-order valence-corrected chi connectivity index (χ3v) is 4.44. The molecule has 2 heterocycles. The molecule has 15 heavy (non-hydrogen) atoms. The molecule has 0 bridgehead atoms. The summed E-state index contributed by atoms with van der Waals surface area (Å²) in [6.45, 7) is 6.21. The van der Waals surface area contributed by atoms with Crippen molar-refractivity contribution < 1.29 is 0 Å². The minimum atomic E-state index is 0.811. The van der Waals surface area contributed by atoms with Crippen LogP contribution in [-0.2, 0) is 0 Å². The van der Waals surface area contributed by atoms with Gasteiger partial charge in [0.1, 0.15) is 0 Å². The van der Waals surface area contributed by atoms with Crippen molar-refractivity contribution >= 4 is 0 Å². The zero-order valence-electron chi connectivity index (χ0n) is 10.3. The molecule has 2 heteroatoms. The molecule has 0 spiro atoms. The number of rotatable bonds is 2. The molecule has 2 unspecified atom stereocenters. The highest BCUT2D eigenvalue weighted by atomic mass is 15.1. The van der Waals surface area contributed by atoms with E-state index in [1.54, 1.807) is 0 Å². The Kier molecular flexibility index (Phi) is 4.04. The molecule has 0 aromatic heterocycles. The Morgan fingerprint density at radius 2 is 1.87 bits per heavy atom. The Morgan fingerprint density at radius 3 is 2.53 bits per heavy atom. The third-order valence-electron chi connectivity index (χ3n) is 4.44. The maximum absolute atomic E-state index is 3.46. The zero-order chi connectivity index (χ0) is 10.7. The van der Waals surface area contributed by atoms with Crippen molar-refractivity contribution in [3.63, 3.8) is 0 Å². The monoisotopic (exact) mass is 210 g/mol. The molecule has 2 saturated heterocycles. The average molecular weight is 210 g/mol. The van der Waals surface area contributed by atoms with E-state index in [1.165, 1.54) is 51.7 Å². The van der Waals surface area contributed by atoms with E-state index >= 15 is 0 Å². The summed E-state index contributed by atoms with van der Waals surface area (Å²) in [4.78, 5) is 2.51. The number of piperidine rings is 2. The maximum atomic E-state index is 3.46. The first-order valence-electron chi connectivity index (χ1n) is 6.66. The molecule has 2 atom stereocenters. The van der Waals surface area contributed by atoms with Gasteiger partial charge in [0.2, 0.25) is 0 Å². The summed E-state index contributed by atoms with van der Waals surface area (Å²) in [5.74, 6) is 2.03. The van der Waals surface area contributed by atoms with Gasteiger partial charge in [-0.25, -0.2) is 0 Å². The normalized spacial score (nSPS) is 35.6. The quantitative estimate of drug-likeness (QED) is 0.751. The van der Waals surface area contributed by atoms with Crippen LogP contribution in [0.25, 0.3) is 0 Å². The van der Waals surface area contributed by atoms with E-state index in [2.05, 4.69) is 24.2 Å². The van der Waals surface area contributed by atoms with Gasteiger partial charge in [-0.05, 0) is 77.5 Å². The van der Waals surface area contributed by atoms with E-state index in [9.17, 15) is 0 Å². The van der Waals surface area contributed by atoms with E-state index in [0.717, 1.165) is 17.9 Å². The number of hydrogen-bond acceptors (Lipinski definition) is 2. The van der Waals surface area contributed by atoms with Gasteiger partial charge < -0.3 is 10.2 Å². The van der Waals surface area contributed by atoms with Gasteiger partial charge in [0.15, 0.2) is 0 Å². The van der Waals surface area contributed by atoms with Gasteiger partial charge in [0.25, 0.3) is 0 Å². The minimum absolute atomic E-state index is 0.811. The topological polar surface area (TPSA) is 15.3 Å². The Balaban J connectivity index is 1.74. The predicted molar refractivity (Wildman–Crippen MR) is 65.0 cm³/mol. The number of hydrogen-bond donors (Lipinski definition) is 1. The van der Waals surface area contributed by atoms with Crippen LogP contribution in [0.3, 0.4) is 0 Å². The van der Waals surface area contributed by atoms with Crippen LogP contribution in [0, 0.1) is 11.8 Å². The highest BCUT2D eigenvalue weighted by molar-refractivity contribution is 4.80. The fourth-order valence-corrected chi connectivity index (χ4v) is 3.19. The van der Waals surface area contributed by atoms with Crippen molar-refractivity contribution in [2.45, 2.75) is 45.1 Å². The van der Waals surface area contributed by atoms with Crippen molar-refractivity contribution in [1.29, 1.82) is 0 Å². The molecule has 0 amide bonds. The van der Waals surface area contributed by atoms with Crippen molar-refractivity contribution in [2.24, 2.45) is 11.8 Å². The smallest absolute Gasteiger partial charge is 0.00665 e. The standard InChI is InChI=1S/C13H26N2/c1-11-9-13(5-8-15(11)2)10-12-3-6-14-7-4-12/h11-14H,3-10H2,1-2H3. The summed E-state index contributed by atoms with van der Waals surface area (Å²) in [6, 6.07) is 0.811. The molecule has 0 aromatic rings. The van der Waals surface area contributed by atoms with Crippen LogP contribution in [0.5, 0.6) is 0 Å². The van der Waals surface area contributed by atoms with Gasteiger partial charge in [-0.15, -0.1) is 0 Å². The van der Waals surface area contributed by atoms with Crippen LogP contribution in [0.4, 0.5) is 0 Å². The van der Waals surface area contributed by atoms with Gasteiger partial charge >= 0.3 is 0 Å². The van der Waals surface area contributed by atoms with Crippen molar-refractivity contribution in [3.8, 4) is 0 Å². The van der Waals surface area contributed by atoms with Gasteiger partial charge in [0.05, 0.1) is 0 Å². The van der Waals surface area contributed by atoms with Crippen LogP contribution in [0.1, 0.15) is 39.0 Å². The molecule has 2 fully saturated rings. The first-order chi connectivity index (χ1) is 7.25. The molecular formula is C13H26N2. The van der Waals surface area contributed by atoms with Crippen LogP contribution in [0.2, 0.25) is 0 Å². The van der Waals surface area contributed by atoms with E-state index in [4.69, 9.17) is 0 Å². The molecule has 1 N–H and O–H groups in total. The molecule has 88 valence electrons. The second kappa shape index (κ2) is 5.31. The molecule has 0 aromatic carbocycles. The summed E-state index contributed by atoms with van der Waals surface area (Å²) < 4.78 is 0. The van der Waals surface area contributed by atoms with E-state index in [-0.39, 0.29) is 0 Å². The lowest BCUT2D eigenvalue weighted by Gasteiger charge is -2.37. The number of likely N-dealkylation sites (tertiary alicyclic amines) is 1. The van der Waals surface area contributed by atoms with Crippen LogP contribution in [-0.4, -0.2) is 37.6 Å². The minimum Gasteiger partial charge on any atom is -0.317 e. The van der Waals surface area contributed by atoms with Crippen molar-refractivity contribution in [3.05, 3.63) is 0 Å². The summed E-state index contributed by atoms with van der Waals surface area (Å²) in [7, 11) is 2.27. The van der Waals surface area contributed by atoms with Crippen LogP contribution in [0.15, 0.2) is 0 Å². The third kappa shape index (κ3) is 3.18. The first kappa shape index (κ1) is 11.4. The van der Waals surface area contributed by atoms with Crippen molar-refractivity contribution in [2.75, 3.05) is 26.7 Å². The number of nitrogens with one attached hydrogen (secondary N) is 1. The summed E-state index contributed by atoms with van der Waals surface area (Å²) in [5, 5.41) is 3.46. The lowest BCUT2D eigenvalue weighted by Crippen LogP contribution is -2.39. The summed E-state index contributed by atoms with van der Waals surface area (Å²) in [5.41, 5.74) is 0. The summed E-state index contributed by atoms with van der Waals surface area (Å²) in [6.07, 6.45) is 7.20. The van der Waals surface area contributed by atoms with Crippen LogP contribution >= 0.6 is 0 Å². The molecule has 2 aliphatic rings. The maximum Gasteiger partial charge on any atom is 0.00665 e. The molecule has 0 saturated carbocycles. The average Bonchev–Trinajstić information content (AvgIpc) is 2.25. The Hall–Kier alpha value is -0.0800. The van der Waals surface area contributed by atoms with Gasteiger partial charge in [-0.3, -0.25) is 0 Å². The van der Waals surface area contributed by atoms with Gasteiger partial charge in [-0.1, -0.05) is 0 Å². The van der Waals surface area contributed by atoms with E-state index in [1.807, 2.05) is 0 Å². The lowest BCUT2D eigenvalue weighted by atomic mass is 9.81. The predicted octanol–water partition coefficient (Wildman–Crippen LogP) is 2.11. The molecule has 0 radical (unpaired) electrons. The highest BCUT2D eigenvalue weighted by Gasteiger charge is 2.25. The summed E-state index contributed by atoms with van der Waals surface area (Å²) >= 11 is 0. The fraction of sp³-hybridized carbons (Fsp3) is 1.00. The highest BCUT2D eigenvalue weighted by Crippen LogP contribution is 2.30. The Labute approximate surface area is 94.4 Å². The Morgan fingerprint density at radius 1 is 1.13 bits per heavy atom. The second-order valence-electron chi connectivity index (χ2n) is 5.65. The first-order valence-corrected chi connectivity index (χ1v) is 6.66. The number of nitrogens with zero attached hydrogens (tertiary/aromatic N) is 1. The van der Waals surface area contributed by atoms with E-state index in [0.29, 0.717) is 0 Å². The largest absolute Gasteiger partial charge is 0.317 e. The van der Waals surface area contributed by atoms with E-state index < -0.39 is 0 Å².